The Morgan fingerprint density at radius 2 is 2.22 bits per heavy atom. The van der Waals surface area contributed by atoms with E-state index in [1.165, 1.54) is 5.69 Å². The van der Waals surface area contributed by atoms with Crippen LogP contribution >= 0.6 is 34.2 Å². The summed E-state index contributed by atoms with van der Waals surface area (Å²) in [5.74, 6) is 0. The number of nitrogens with zero attached hydrogens (tertiary/aromatic N) is 2. The maximum absolute atomic E-state index is 6.18. The normalized spacial score (nSPS) is 10.6. The van der Waals surface area contributed by atoms with Gasteiger partial charge in [-0.25, -0.2) is 0 Å². The minimum absolute atomic E-state index is 0.736. The second kappa shape index (κ2) is 6.43. The summed E-state index contributed by atoms with van der Waals surface area (Å²) < 4.78 is 3.16. The third-order valence-electron chi connectivity index (χ3n) is 2.63. The monoisotopic (exact) mass is 375 g/mol. The molecule has 1 aromatic carbocycles. The molecule has 18 heavy (non-hydrogen) atoms. The molecule has 0 spiro atoms. The minimum atomic E-state index is 0.736. The van der Waals surface area contributed by atoms with Gasteiger partial charge < -0.3 is 5.32 Å². The smallest absolute Gasteiger partial charge is 0.0648 e. The molecule has 2 rings (SSSR count). The lowest BCUT2D eigenvalue weighted by Crippen LogP contribution is -2.09. The first-order valence-corrected chi connectivity index (χ1v) is 7.36. The van der Waals surface area contributed by atoms with Gasteiger partial charge in [-0.05, 0) is 53.3 Å². The van der Waals surface area contributed by atoms with Crippen molar-refractivity contribution in [1.29, 1.82) is 0 Å². The van der Waals surface area contributed by atoms with E-state index in [2.05, 4.69) is 39.9 Å². The van der Waals surface area contributed by atoms with Gasteiger partial charge in [0.25, 0.3) is 0 Å². The van der Waals surface area contributed by atoms with Crippen LogP contribution in [-0.2, 0) is 13.1 Å². The van der Waals surface area contributed by atoms with E-state index in [4.69, 9.17) is 11.6 Å². The standard InChI is InChI=1S/C13H15ClIN3/c1-2-7-18-11(5-6-17-18)9-16-13-4-3-10(15)8-12(13)14/h3-6,8,16H,2,7,9H2,1H3. The molecule has 2 aromatic rings. The molecule has 0 aliphatic heterocycles. The van der Waals surface area contributed by atoms with E-state index in [1.54, 1.807) is 0 Å². The Kier molecular flexibility index (Phi) is 4.88. The molecule has 1 N–H and O–H groups in total. The van der Waals surface area contributed by atoms with E-state index < -0.39 is 0 Å². The van der Waals surface area contributed by atoms with Crippen LogP contribution in [0.3, 0.4) is 0 Å². The summed E-state index contributed by atoms with van der Waals surface area (Å²) in [7, 11) is 0. The molecule has 0 atom stereocenters. The van der Waals surface area contributed by atoms with Crippen molar-refractivity contribution in [2.24, 2.45) is 0 Å². The van der Waals surface area contributed by atoms with E-state index >= 15 is 0 Å². The molecule has 0 amide bonds. The number of nitrogens with one attached hydrogen (secondary N) is 1. The SMILES string of the molecule is CCCn1nccc1CNc1ccc(I)cc1Cl. The van der Waals surface area contributed by atoms with E-state index in [-0.39, 0.29) is 0 Å². The average Bonchev–Trinajstić information content (AvgIpc) is 2.76. The third kappa shape index (κ3) is 3.38. The van der Waals surface area contributed by atoms with Gasteiger partial charge in [-0.15, -0.1) is 0 Å². The molecule has 0 saturated carbocycles. The van der Waals surface area contributed by atoms with Gasteiger partial charge in [0, 0.05) is 16.3 Å². The predicted octanol–water partition coefficient (Wildman–Crippen LogP) is 4.16. The molecule has 1 aromatic heterocycles. The Labute approximate surface area is 126 Å². The molecule has 1 heterocycles. The second-order valence-electron chi connectivity index (χ2n) is 4.02. The number of aromatic nitrogens is 2. The van der Waals surface area contributed by atoms with Gasteiger partial charge >= 0.3 is 0 Å². The van der Waals surface area contributed by atoms with Crippen molar-refractivity contribution in [3.63, 3.8) is 0 Å². The first-order valence-electron chi connectivity index (χ1n) is 5.90. The summed E-state index contributed by atoms with van der Waals surface area (Å²) >= 11 is 8.43. The van der Waals surface area contributed by atoms with Crippen molar-refractivity contribution in [1.82, 2.24) is 9.78 Å². The van der Waals surface area contributed by atoms with Gasteiger partial charge in [0.05, 0.1) is 22.9 Å². The van der Waals surface area contributed by atoms with Gasteiger partial charge in [-0.3, -0.25) is 4.68 Å². The number of anilines is 1. The summed E-state index contributed by atoms with van der Waals surface area (Å²) in [6, 6.07) is 8.03. The Balaban J connectivity index is 2.04. The zero-order valence-corrected chi connectivity index (χ0v) is 13.1. The lowest BCUT2D eigenvalue weighted by Gasteiger charge is -2.10. The van der Waals surface area contributed by atoms with Crippen LogP contribution in [0.4, 0.5) is 5.69 Å². The van der Waals surface area contributed by atoms with Crippen LogP contribution in [-0.4, -0.2) is 9.78 Å². The van der Waals surface area contributed by atoms with Crippen LogP contribution in [0.15, 0.2) is 30.5 Å². The first kappa shape index (κ1) is 13.7. The molecule has 0 aliphatic rings. The molecular formula is C13H15ClIN3. The number of halogens is 2. The molecular weight excluding hydrogens is 361 g/mol. The highest BCUT2D eigenvalue weighted by Crippen LogP contribution is 2.24. The molecule has 0 saturated heterocycles. The van der Waals surface area contributed by atoms with Crippen molar-refractivity contribution < 1.29 is 0 Å². The van der Waals surface area contributed by atoms with Crippen LogP contribution in [0, 0.1) is 3.57 Å². The van der Waals surface area contributed by atoms with Crippen molar-refractivity contribution in [3.05, 3.63) is 44.7 Å². The lowest BCUT2D eigenvalue weighted by molar-refractivity contribution is 0.578. The molecule has 0 fully saturated rings. The topological polar surface area (TPSA) is 29.9 Å². The highest BCUT2D eigenvalue weighted by Gasteiger charge is 2.04. The average molecular weight is 376 g/mol. The van der Waals surface area contributed by atoms with Crippen molar-refractivity contribution in [3.8, 4) is 0 Å². The number of hydrogen-bond acceptors (Lipinski definition) is 2. The molecule has 96 valence electrons. The van der Waals surface area contributed by atoms with E-state index in [0.29, 0.717) is 0 Å². The van der Waals surface area contributed by atoms with Gasteiger partial charge in [-0.2, -0.15) is 5.10 Å². The van der Waals surface area contributed by atoms with Crippen LogP contribution in [0.2, 0.25) is 5.02 Å². The van der Waals surface area contributed by atoms with E-state index in [9.17, 15) is 0 Å². The van der Waals surface area contributed by atoms with Crippen LogP contribution in [0.1, 0.15) is 19.0 Å². The minimum Gasteiger partial charge on any atom is -0.378 e. The van der Waals surface area contributed by atoms with Crippen LogP contribution in [0.25, 0.3) is 0 Å². The summed E-state index contributed by atoms with van der Waals surface area (Å²) in [5, 5.41) is 8.40. The number of hydrogen-bond donors (Lipinski definition) is 1. The maximum atomic E-state index is 6.18. The largest absolute Gasteiger partial charge is 0.378 e. The number of rotatable bonds is 5. The zero-order valence-electron chi connectivity index (χ0n) is 10.2. The lowest BCUT2D eigenvalue weighted by atomic mass is 10.3. The maximum Gasteiger partial charge on any atom is 0.0648 e. The van der Waals surface area contributed by atoms with Gasteiger partial charge in [0.1, 0.15) is 0 Å². The predicted molar refractivity (Wildman–Crippen MR) is 84.0 cm³/mol. The highest BCUT2D eigenvalue weighted by molar-refractivity contribution is 14.1. The Morgan fingerprint density at radius 3 is 2.94 bits per heavy atom. The van der Waals surface area contributed by atoms with E-state index in [0.717, 1.165) is 33.8 Å². The molecule has 0 aliphatic carbocycles. The number of benzene rings is 1. The Hall–Kier alpha value is -0.750. The van der Waals surface area contributed by atoms with Gasteiger partial charge in [0.2, 0.25) is 0 Å². The Morgan fingerprint density at radius 1 is 1.39 bits per heavy atom. The molecule has 0 radical (unpaired) electrons. The summed E-state index contributed by atoms with van der Waals surface area (Å²) in [6.07, 6.45) is 2.92. The van der Waals surface area contributed by atoms with E-state index in [1.807, 2.05) is 35.1 Å². The highest BCUT2D eigenvalue weighted by atomic mass is 127. The van der Waals surface area contributed by atoms with Crippen molar-refractivity contribution in [2.75, 3.05) is 5.32 Å². The van der Waals surface area contributed by atoms with Crippen LogP contribution in [0.5, 0.6) is 0 Å². The van der Waals surface area contributed by atoms with Crippen molar-refractivity contribution in [2.45, 2.75) is 26.4 Å². The molecule has 0 unspecified atom stereocenters. The fourth-order valence-electron chi connectivity index (χ4n) is 1.74. The fraction of sp³-hybridized carbons (Fsp3) is 0.308. The van der Waals surface area contributed by atoms with Crippen LogP contribution < -0.4 is 5.32 Å². The third-order valence-corrected chi connectivity index (χ3v) is 3.61. The van der Waals surface area contributed by atoms with Crippen molar-refractivity contribution >= 4 is 39.9 Å². The molecule has 5 heteroatoms. The summed E-state index contributed by atoms with van der Waals surface area (Å²) in [5.41, 5.74) is 2.13. The summed E-state index contributed by atoms with van der Waals surface area (Å²) in [6.45, 7) is 3.83. The second-order valence-corrected chi connectivity index (χ2v) is 5.68. The summed E-state index contributed by atoms with van der Waals surface area (Å²) in [4.78, 5) is 0. The Bertz CT molecular complexity index is 525. The quantitative estimate of drug-likeness (QED) is 0.795. The van der Waals surface area contributed by atoms with Gasteiger partial charge in [0.15, 0.2) is 0 Å². The molecule has 0 bridgehead atoms. The fourth-order valence-corrected chi connectivity index (χ4v) is 2.66. The zero-order chi connectivity index (χ0) is 13.0. The van der Waals surface area contributed by atoms with Gasteiger partial charge in [-0.1, -0.05) is 18.5 Å². The number of aryl methyl sites for hydroxylation is 1. The molecule has 3 nitrogen and oxygen atoms in total. The first-order chi connectivity index (χ1) is 8.70.